The van der Waals surface area contributed by atoms with Crippen molar-refractivity contribution in [2.45, 2.75) is 65.2 Å². The molecule has 0 bridgehead atoms. The Morgan fingerprint density at radius 2 is 1.50 bits per heavy atom. The van der Waals surface area contributed by atoms with E-state index in [9.17, 15) is 4.79 Å². The predicted molar refractivity (Wildman–Crippen MR) is 78.0 cm³/mol. The molecule has 3 heteroatoms. The Balaban J connectivity index is 3.19. The molecular formula is C15H27ClO2. The number of carbonyl (C=O) groups is 1. The van der Waals surface area contributed by atoms with E-state index in [1.165, 1.54) is 32.1 Å². The van der Waals surface area contributed by atoms with Gasteiger partial charge in [-0.1, -0.05) is 44.6 Å². The summed E-state index contributed by atoms with van der Waals surface area (Å²) in [5.74, 6) is 0.607. The molecule has 0 amide bonds. The number of hydrogen-bond donors (Lipinski definition) is 0. The van der Waals surface area contributed by atoms with Crippen LogP contribution in [0.25, 0.3) is 0 Å². The molecule has 0 aromatic rings. The quantitative estimate of drug-likeness (QED) is 0.233. The molecular weight excluding hydrogens is 248 g/mol. The molecule has 0 aromatic heterocycles. The monoisotopic (exact) mass is 274 g/mol. The molecule has 0 aliphatic carbocycles. The Bertz CT molecular complexity index is 237. The number of carbonyl (C=O) groups excluding carboxylic acids is 1. The Morgan fingerprint density at radius 3 is 2.00 bits per heavy atom. The summed E-state index contributed by atoms with van der Waals surface area (Å²) in [5.41, 5.74) is 0.689. The van der Waals surface area contributed by atoms with Crippen molar-refractivity contribution < 1.29 is 9.53 Å². The zero-order valence-corrected chi connectivity index (χ0v) is 12.6. The van der Waals surface area contributed by atoms with Gasteiger partial charge in [-0.2, -0.15) is 0 Å². The third-order valence-corrected chi connectivity index (χ3v) is 3.28. The van der Waals surface area contributed by atoms with Gasteiger partial charge in [0.15, 0.2) is 0 Å². The van der Waals surface area contributed by atoms with Crippen LogP contribution in [0, 0.1) is 0 Å². The zero-order chi connectivity index (χ0) is 13.6. The lowest BCUT2D eigenvalue weighted by molar-refractivity contribution is -0.139. The average molecular weight is 275 g/mol. The van der Waals surface area contributed by atoms with Crippen molar-refractivity contribution in [1.29, 1.82) is 0 Å². The van der Waals surface area contributed by atoms with Crippen molar-refractivity contribution in [3.8, 4) is 0 Å². The summed E-state index contributed by atoms with van der Waals surface area (Å²) in [6.45, 7) is 4.18. The minimum absolute atomic E-state index is 0.182. The van der Waals surface area contributed by atoms with Crippen LogP contribution in [0.2, 0.25) is 0 Å². The number of esters is 1. The highest BCUT2D eigenvalue weighted by atomic mass is 35.5. The molecule has 0 aromatic carbocycles. The van der Waals surface area contributed by atoms with Crippen LogP contribution in [0.1, 0.15) is 65.2 Å². The molecule has 0 saturated carbocycles. The van der Waals surface area contributed by atoms with Crippen LogP contribution in [0.3, 0.4) is 0 Å². The van der Waals surface area contributed by atoms with Gasteiger partial charge in [-0.3, -0.25) is 0 Å². The largest absolute Gasteiger partial charge is 0.462 e. The van der Waals surface area contributed by atoms with E-state index in [-0.39, 0.29) is 5.97 Å². The second-order valence-electron chi connectivity index (χ2n) is 4.63. The molecule has 0 unspecified atom stereocenters. The topological polar surface area (TPSA) is 26.3 Å². The first-order valence-electron chi connectivity index (χ1n) is 7.08. The van der Waals surface area contributed by atoms with Crippen LogP contribution in [0.5, 0.6) is 0 Å². The number of halogens is 1. The van der Waals surface area contributed by atoms with Crippen molar-refractivity contribution in [2.75, 3.05) is 12.5 Å². The first-order valence-corrected chi connectivity index (χ1v) is 7.61. The van der Waals surface area contributed by atoms with E-state index in [2.05, 4.69) is 0 Å². The first kappa shape index (κ1) is 17.5. The van der Waals surface area contributed by atoms with Gasteiger partial charge in [0.2, 0.25) is 0 Å². The van der Waals surface area contributed by atoms with Gasteiger partial charge >= 0.3 is 5.97 Å². The molecule has 0 saturated heterocycles. The summed E-state index contributed by atoms with van der Waals surface area (Å²) in [4.78, 5) is 11.3. The van der Waals surface area contributed by atoms with E-state index in [0.717, 1.165) is 25.1 Å². The highest BCUT2D eigenvalue weighted by molar-refractivity contribution is 6.17. The molecule has 0 rings (SSSR count). The van der Waals surface area contributed by atoms with E-state index in [4.69, 9.17) is 16.3 Å². The lowest BCUT2D eigenvalue weighted by atomic mass is 10.1. The van der Waals surface area contributed by atoms with Crippen LogP contribution in [0.15, 0.2) is 11.6 Å². The van der Waals surface area contributed by atoms with Gasteiger partial charge in [-0.05, 0) is 26.7 Å². The molecule has 0 N–H and O–H groups in total. The third-order valence-electron chi connectivity index (χ3n) is 3.02. The maximum Gasteiger partial charge on any atom is 0.333 e. The lowest BCUT2D eigenvalue weighted by Crippen LogP contribution is -2.06. The van der Waals surface area contributed by atoms with E-state index in [0.29, 0.717) is 12.2 Å². The molecule has 18 heavy (non-hydrogen) atoms. The van der Waals surface area contributed by atoms with Gasteiger partial charge in [0.1, 0.15) is 0 Å². The molecule has 0 heterocycles. The Morgan fingerprint density at radius 1 is 1.00 bits per heavy atom. The number of unbranched alkanes of at least 4 members (excludes halogenated alkanes) is 7. The number of allylic oxidation sites excluding steroid dienone is 1. The molecule has 0 fully saturated rings. The van der Waals surface area contributed by atoms with Gasteiger partial charge in [0, 0.05) is 11.5 Å². The smallest absolute Gasteiger partial charge is 0.333 e. The van der Waals surface area contributed by atoms with Crippen LogP contribution >= 0.6 is 11.6 Å². The normalized spacial score (nSPS) is 11.6. The zero-order valence-electron chi connectivity index (χ0n) is 11.8. The van der Waals surface area contributed by atoms with E-state index in [1.54, 1.807) is 13.0 Å². The summed E-state index contributed by atoms with van der Waals surface area (Å²) in [7, 11) is 0. The Kier molecular flexibility index (Phi) is 12.6. The highest BCUT2D eigenvalue weighted by Gasteiger charge is 2.03. The minimum Gasteiger partial charge on any atom is -0.462 e. The molecule has 0 aliphatic heterocycles. The molecule has 0 atom stereocenters. The minimum atomic E-state index is -0.182. The molecule has 0 aliphatic rings. The van der Waals surface area contributed by atoms with E-state index in [1.807, 2.05) is 6.92 Å². The Hall–Kier alpha value is -0.500. The SMILES string of the molecule is C/C=C(\C)C(=O)OCCCCCCCCCCCl. The van der Waals surface area contributed by atoms with Gasteiger partial charge in [0.25, 0.3) is 0 Å². The third kappa shape index (κ3) is 10.6. The first-order chi connectivity index (χ1) is 8.72. The fraction of sp³-hybridized carbons (Fsp3) is 0.800. The van der Waals surface area contributed by atoms with Crippen molar-refractivity contribution in [3.05, 3.63) is 11.6 Å². The van der Waals surface area contributed by atoms with Crippen molar-refractivity contribution >= 4 is 17.6 Å². The van der Waals surface area contributed by atoms with Gasteiger partial charge in [-0.15, -0.1) is 11.6 Å². The fourth-order valence-corrected chi connectivity index (χ4v) is 1.84. The van der Waals surface area contributed by atoms with Gasteiger partial charge in [0.05, 0.1) is 6.61 Å². The van der Waals surface area contributed by atoms with Gasteiger partial charge < -0.3 is 4.74 Å². The Labute approximate surface area is 117 Å². The summed E-state index contributed by atoms with van der Waals surface area (Å²) in [5, 5.41) is 0. The number of alkyl halides is 1. The predicted octanol–water partition coefficient (Wildman–Crippen LogP) is 4.86. The maximum absolute atomic E-state index is 11.3. The van der Waals surface area contributed by atoms with Crippen LogP contribution < -0.4 is 0 Å². The number of ether oxygens (including phenoxy) is 1. The maximum atomic E-state index is 11.3. The molecule has 106 valence electrons. The van der Waals surface area contributed by atoms with E-state index < -0.39 is 0 Å². The fourth-order valence-electron chi connectivity index (χ4n) is 1.65. The van der Waals surface area contributed by atoms with Crippen LogP contribution in [0.4, 0.5) is 0 Å². The van der Waals surface area contributed by atoms with Gasteiger partial charge in [-0.25, -0.2) is 4.79 Å². The summed E-state index contributed by atoms with van der Waals surface area (Å²) < 4.78 is 5.13. The molecule has 0 spiro atoms. The van der Waals surface area contributed by atoms with Crippen LogP contribution in [-0.4, -0.2) is 18.5 Å². The van der Waals surface area contributed by atoms with Crippen molar-refractivity contribution in [2.24, 2.45) is 0 Å². The number of rotatable bonds is 11. The molecule has 2 nitrogen and oxygen atoms in total. The second kappa shape index (κ2) is 12.9. The van der Waals surface area contributed by atoms with Crippen molar-refractivity contribution in [3.63, 3.8) is 0 Å². The second-order valence-corrected chi connectivity index (χ2v) is 5.00. The van der Waals surface area contributed by atoms with Crippen LogP contribution in [-0.2, 0) is 9.53 Å². The summed E-state index contributed by atoms with van der Waals surface area (Å²) in [6, 6.07) is 0. The average Bonchev–Trinajstić information content (AvgIpc) is 2.39. The molecule has 0 radical (unpaired) electrons. The summed E-state index contributed by atoms with van der Waals surface area (Å²) >= 11 is 5.61. The van der Waals surface area contributed by atoms with E-state index >= 15 is 0 Å². The summed E-state index contributed by atoms with van der Waals surface area (Å²) in [6.07, 6.45) is 11.4. The number of hydrogen-bond acceptors (Lipinski definition) is 2. The highest BCUT2D eigenvalue weighted by Crippen LogP contribution is 2.09. The standard InChI is InChI=1S/C15H27ClO2/c1-3-14(2)15(17)18-13-11-9-7-5-4-6-8-10-12-16/h3H,4-13H2,1-2H3/b14-3+. The van der Waals surface area contributed by atoms with Crippen molar-refractivity contribution in [1.82, 2.24) is 0 Å². The lowest BCUT2D eigenvalue weighted by Gasteiger charge is -2.04.